The number of hydrogen-bond donors (Lipinski definition) is 0. The highest BCUT2D eigenvalue weighted by atomic mass is 32.2. The molecule has 0 saturated heterocycles. The number of aromatic nitrogens is 6. The van der Waals surface area contributed by atoms with Crippen molar-refractivity contribution in [1.29, 1.82) is 0 Å². The summed E-state index contributed by atoms with van der Waals surface area (Å²) >= 11 is 1.85. The zero-order valence-electron chi connectivity index (χ0n) is 32.1. The summed E-state index contributed by atoms with van der Waals surface area (Å²) in [6.45, 7) is 0. The number of fused-ring (bicyclic) bond motifs is 10. The van der Waals surface area contributed by atoms with Crippen molar-refractivity contribution in [2.24, 2.45) is 0 Å². The third kappa shape index (κ3) is 4.87. The number of nitrogens with zero attached hydrogens (tertiary/aromatic N) is 6. The van der Waals surface area contributed by atoms with E-state index in [4.69, 9.17) is 15.0 Å². The molecule has 5 heterocycles. The Kier molecular flexibility index (Phi) is 7.14. The second-order valence-electron chi connectivity index (χ2n) is 15.3. The number of benzene rings is 8. The highest BCUT2D eigenvalue weighted by Gasteiger charge is 2.28. The van der Waals surface area contributed by atoms with Crippen molar-refractivity contribution in [3.8, 4) is 51.2 Å². The standard InChI is InChI=1S/C53H32N6S/c1-2-15-33(16-3-1)50-54-51(34-17-12-19-36(31-34)57-42-25-7-4-21-38(42)39-22-5-8-26-43(39)57)56-52(55-50)35-18-13-20-37(32-35)58-44-27-9-6-23-40(44)48-41-24-14-30-47-49(41)59(53(48)58)45-28-10-11-29-46(45)60-47/h1-32H. The molecule has 0 spiro atoms. The lowest BCUT2D eigenvalue weighted by Crippen LogP contribution is -2.06. The van der Waals surface area contributed by atoms with Crippen LogP contribution in [-0.4, -0.2) is 28.7 Å². The molecule has 0 radical (unpaired) electrons. The lowest BCUT2D eigenvalue weighted by Gasteiger charge is -2.21. The number of para-hydroxylation sites is 5. The van der Waals surface area contributed by atoms with Gasteiger partial charge in [-0.3, -0.25) is 9.13 Å². The van der Waals surface area contributed by atoms with Crippen molar-refractivity contribution in [2.75, 3.05) is 0 Å². The molecule has 0 atom stereocenters. The molecule has 0 fully saturated rings. The van der Waals surface area contributed by atoms with E-state index in [1.54, 1.807) is 0 Å². The van der Waals surface area contributed by atoms with Crippen molar-refractivity contribution < 1.29 is 0 Å². The van der Waals surface area contributed by atoms with E-state index >= 15 is 0 Å². The van der Waals surface area contributed by atoms with Gasteiger partial charge in [-0.1, -0.05) is 145 Å². The van der Waals surface area contributed by atoms with Crippen LogP contribution in [0.2, 0.25) is 0 Å². The zero-order chi connectivity index (χ0) is 39.3. The predicted molar refractivity (Wildman–Crippen MR) is 246 cm³/mol. The summed E-state index contributed by atoms with van der Waals surface area (Å²) in [5.74, 6) is 1.85. The van der Waals surface area contributed by atoms with Crippen LogP contribution in [-0.2, 0) is 0 Å². The van der Waals surface area contributed by atoms with Crippen LogP contribution in [0.25, 0.3) is 106 Å². The molecule has 0 saturated carbocycles. The molecule has 0 bridgehead atoms. The Balaban J connectivity index is 1.02. The van der Waals surface area contributed by atoms with Crippen molar-refractivity contribution in [1.82, 2.24) is 28.7 Å². The lowest BCUT2D eigenvalue weighted by atomic mass is 10.1. The maximum atomic E-state index is 5.26. The predicted octanol–water partition coefficient (Wildman–Crippen LogP) is 13.5. The molecule has 0 unspecified atom stereocenters. The summed E-state index contributed by atoms with van der Waals surface area (Å²) in [5.41, 5.74) is 11.9. The van der Waals surface area contributed by atoms with Gasteiger partial charge < -0.3 is 4.57 Å². The second kappa shape index (κ2) is 12.9. The molecule has 60 heavy (non-hydrogen) atoms. The summed E-state index contributed by atoms with van der Waals surface area (Å²) in [6, 6.07) is 68.8. The molecule has 13 rings (SSSR count). The van der Waals surface area contributed by atoms with Crippen LogP contribution in [0.5, 0.6) is 0 Å². The minimum absolute atomic E-state index is 0.612. The van der Waals surface area contributed by atoms with Gasteiger partial charge in [-0.05, 0) is 60.7 Å². The highest BCUT2D eigenvalue weighted by molar-refractivity contribution is 7.99. The van der Waals surface area contributed by atoms with E-state index in [1.807, 2.05) is 30.0 Å². The monoisotopic (exact) mass is 784 g/mol. The number of hydrogen-bond acceptors (Lipinski definition) is 4. The van der Waals surface area contributed by atoms with Crippen LogP contribution in [0.15, 0.2) is 204 Å². The first kappa shape index (κ1) is 33.3. The molecular formula is C53H32N6S. The second-order valence-corrected chi connectivity index (χ2v) is 16.3. The van der Waals surface area contributed by atoms with Crippen molar-refractivity contribution in [2.45, 2.75) is 9.79 Å². The fraction of sp³-hybridized carbons (Fsp3) is 0. The Morgan fingerprint density at radius 3 is 1.52 bits per heavy atom. The Morgan fingerprint density at radius 1 is 0.350 bits per heavy atom. The first-order chi connectivity index (χ1) is 29.8. The Hall–Kier alpha value is -7.74. The van der Waals surface area contributed by atoms with E-state index in [0.717, 1.165) is 50.3 Å². The lowest BCUT2D eigenvalue weighted by molar-refractivity contribution is 1.02. The fourth-order valence-electron chi connectivity index (χ4n) is 9.31. The molecule has 0 amide bonds. The highest BCUT2D eigenvalue weighted by Crippen LogP contribution is 2.49. The van der Waals surface area contributed by atoms with E-state index in [0.29, 0.717) is 17.5 Å². The first-order valence-corrected chi connectivity index (χ1v) is 20.9. The van der Waals surface area contributed by atoms with Crippen LogP contribution >= 0.6 is 11.8 Å². The smallest absolute Gasteiger partial charge is 0.164 e. The summed E-state index contributed by atoms with van der Waals surface area (Å²) in [7, 11) is 0. The van der Waals surface area contributed by atoms with E-state index in [2.05, 4.69) is 190 Å². The van der Waals surface area contributed by atoms with Gasteiger partial charge in [0.1, 0.15) is 5.65 Å². The van der Waals surface area contributed by atoms with Crippen LogP contribution in [0.1, 0.15) is 0 Å². The van der Waals surface area contributed by atoms with Crippen LogP contribution in [0.3, 0.4) is 0 Å². The molecule has 8 aromatic carbocycles. The van der Waals surface area contributed by atoms with Gasteiger partial charge in [0.25, 0.3) is 0 Å². The third-order valence-corrected chi connectivity index (χ3v) is 13.0. The van der Waals surface area contributed by atoms with Crippen LogP contribution in [0, 0.1) is 0 Å². The molecule has 0 aliphatic carbocycles. The van der Waals surface area contributed by atoms with Gasteiger partial charge in [-0.2, -0.15) is 0 Å². The maximum absolute atomic E-state index is 5.26. The molecule has 0 N–H and O–H groups in total. The van der Waals surface area contributed by atoms with Crippen molar-refractivity contribution in [3.05, 3.63) is 194 Å². The van der Waals surface area contributed by atoms with E-state index < -0.39 is 0 Å². The van der Waals surface area contributed by atoms with Gasteiger partial charge in [0, 0.05) is 64.8 Å². The van der Waals surface area contributed by atoms with E-state index in [9.17, 15) is 0 Å². The van der Waals surface area contributed by atoms with E-state index in [-0.39, 0.29) is 0 Å². The maximum Gasteiger partial charge on any atom is 0.164 e. The minimum atomic E-state index is 0.612. The Labute approximate surface area is 348 Å². The SMILES string of the molecule is c1ccc(-c2nc(-c3cccc(-n4c5ccccc5c5ccccc54)c3)nc(-c3cccc(-n4c5ccccc5c5c6cccc7c6n(c54)-c4ccccc4S7)c3)n2)cc1. The third-order valence-electron chi connectivity index (χ3n) is 11.9. The van der Waals surface area contributed by atoms with E-state index in [1.165, 1.54) is 47.9 Å². The summed E-state index contributed by atoms with van der Waals surface area (Å²) < 4.78 is 7.22. The number of rotatable bonds is 5. The Bertz CT molecular complexity index is 3650. The minimum Gasteiger partial charge on any atom is -0.309 e. The summed E-state index contributed by atoms with van der Waals surface area (Å²) in [4.78, 5) is 18.1. The molecule has 12 aromatic rings. The van der Waals surface area contributed by atoms with Gasteiger partial charge in [0.2, 0.25) is 0 Å². The molecule has 1 aliphatic rings. The molecular weight excluding hydrogens is 753 g/mol. The largest absolute Gasteiger partial charge is 0.309 e. The quantitative estimate of drug-likeness (QED) is 0.174. The van der Waals surface area contributed by atoms with Crippen LogP contribution in [0.4, 0.5) is 0 Å². The van der Waals surface area contributed by atoms with Crippen molar-refractivity contribution in [3.63, 3.8) is 0 Å². The van der Waals surface area contributed by atoms with Crippen LogP contribution < -0.4 is 0 Å². The fourth-order valence-corrected chi connectivity index (χ4v) is 10.4. The zero-order valence-corrected chi connectivity index (χ0v) is 32.9. The topological polar surface area (TPSA) is 53.5 Å². The molecule has 7 heteroatoms. The van der Waals surface area contributed by atoms with Gasteiger partial charge in [0.05, 0.1) is 27.8 Å². The van der Waals surface area contributed by atoms with Gasteiger partial charge >= 0.3 is 0 Å². The average Bonchev–Trinajstić information content (AvgIpc) is 3.96. The van der Waals surface area contributed by atoms with Gasteiger partial charge in [-0.15, -0.1) is 0 Å². The van der Waals surface area contributed by atoms with Crippen molar-refractivity contribution >= 4 is 66.4 Å². The first-order valence-electron chi connectivity index (χ1n) is 20.1. The Morgan fingerprint density at radius 2 is 0.833 bits per heavy atom. The molecule has 6 nitrogen and oxygen atoms in total. The molecule has 1 aliphatic heterocycles. The van der Waals surface area contributed by atoms with Gasteiger partial charge in [0.15, 0.2) is 17.5 Å². The average molecular weight is 785 g/mol. The molecule has 280 valence electrons. The normalized spacial score (nSPS) is 12.3. The van der Waals surface area contributed by atoms with Gasteiger partial charge in [-0.25, -0.2) is 15.0 Å². The summed E-state index contributed by atoms with van der Waals surface area (Å²) in [5, 5.41) is 6.18. The summed E-state index contributed by atoms with van der Waals surface area (Å²) in [6.07, 6.45) is 0. The molecule has 4 aromatic heterocycles.